The third kappa shape index (κ3) is 2.40. The average Bonchev–Trinajstić information content (AvgIpc) is 3.25. The van der Waals surface area contributed by atoms with Crippen LogP contribution in [0.25, 0.3) is 0 Å². The van der Waals surface area contributed by atoms with Crippen molar-refractivity contribution in [2.75, 3.05) is 11.6 Å². The number of nitrogens with one attached hydrogen (secondary N) is 1. The van der Waals surface area contributed by atoms with E-state index < -0.39 is 0 Å². The average molecular weight is 329 g/mol. The summed E-state index contributed by atoms with van der Waals surface area (Å²) in [6.07, 6.45) is 3.03. The summed E-state index contributed by atoms with van der Waals surface area (Å²) >= 11 is 3.52. The first-order valence-electron chi connectivity index (χ1n) is 7.07. The number of anilines is 1. The fourth-order valence-corrected chi connectivity index (χ4v) is 4.02. The first-order chi connectivity index (χ1) is 10.8. The summed E-state index contributed by atoms with van der Waals surface area (Å²) in [5.41, 5.74) is 1.24. The van der Waals surface area contributed by atoms with E-state index in [4.69, 9.17) is 0 Å². The second-order valence-electron chi connectivity index (χ2n) is 5.18. The summed E-state index contributed by atoms with van der Waals surface area (Å²) in [5, 5.41) is 17.7. The molecule has 3 heterocycles. The molecule has 0 unspecified atom stereocenters. The zero-order valence-electron chi connectivity index (χ0n) is 12.0. The van der Waals surface area contributed by atoms with Crippen molar-refractivity contribution in [1.29, 1.82) is 0 Å². The molecule has 4 rings (SSSR count). The highest BCUT2D eigenvalue weighted by Gasteiger charge is 2.30. The smallest absolute Gasteiger partial charge is 0.244 e. The lowest BCUT2D eigenvalue weighted by Gasteiger charge is -2.30. The maximum atomic E-state index is 4.16. The van der Waals surface area contributed by atoms with Crippen LogP contribution < -0.4 is 5.32 Å². The Balaban J connectivity index is 1.71. The van der Waals surface area contributed by atoms with Gasteiger partial charge in [-0.1, -0.05) is 23.3 Å². The van der Waals surface area contributed by atoms with Gasteiger partial charge in [-0.05, 0) is 52.2 Å². The Hall–Kier alpha value is -1.86. The quantitative estimate of drug-likeness (QED) is 0.744. The van der Waals surface area contributed by atoms with Crippen molar-refractivity contribution in [3.8, 4) is 0 Å². The van der Waals surface area contributed by atoms with Crippen LogP contribution in [0.15, 0.2) is 46.7 Å². The van der Waals surface area contributed by atoms with Crippen molar-refractivity contribution in [3.05, 3.63) is 52.2 Å². The molecule has 0 saturated heterocycles. The molecule has 0 bridgehead atoms. The number of tetrazole rings is 1. The van der Waals surface area contributed by atoms with Gasteiger partial charge in [0.25, 0.3) is 0 Å². The van der Waals surface area contributed by atoms with E-state index in [9.17, 15) is 0 Å². The van der Waals surface area contributed by atoms with Gasteiger partial charge in [-0.2, -0.15) is 0 Å². The summed E-state index contributed by atoms with van der Waals surface area (Å²) in [6.45, 7) is 0. The fraction of sp³-hybridized carbons (Fsp3) is 0.267. The summed E-state index contributed by atoms with van der Waals surface area (Å²) in [4.78, 5) is 2.59. The Morgan fingerprint density at radius 3 is 2.86 bits per heavy atom. The number of thioether (sulfide) groups is 1. The molecule has 1 N–H and O–H groups in total. The number of aromatic nitrogens is 4. The van der Waals surface area contributed by atoms with E-state index in [-0.39, 0.29) is 12.1 Å². The zero-order valence-corrected chi connectivity index (χ0v) is 13.6. The van der Waals surface area contributed by atoms with E-state index in [0.29, 0.717) is 0 Å². The Labute approximate surface area is 136 Å². The summed E-state index contributed by atoms with van der Waals surface area (Å²) in [6, 6.07) is 13.3. The molecular formula is C15H15N5S2. The zero-order chi connectivity index (χ0) is 14.9. The van der Waals surface area contributed by atoms with Crippen molar-refractivity contribution < 1.29 is 0 Å². The van der Waals surface area contributed by atoms with Crippen molar-refractivity contribution in [3.63, 3.8) is 0 Å². The third-order valence-corrected chi connectivity index (χ3v) is 5.67. The van der Waals surface area contributed by atoms with Gasteiger partial charge in [0.1, 0.15) is 0 Å². The molecule has 2 atom stereocenters. The van der Waals surface area contributed by atoms with Gasteiger partial charge in [0, 0.05) is 9.77 Å². The minimum absolute atomic E-state index is 0.161. The molecule has 0 saturated carbocycles. The molecule has 22 heavy (non-hydrogen) atoms. The molecule has 5 nitrogen and oxygen atoms in total. The van der Waals surface area contributed by atoms with Crippen molar-refractivity contribution in [2.24, 2.45) is 0 Å². The number of hydrogen-bond acceptors (Lipinski definition) is 6. The van der Waals surface area contributed by atoms with Gasteiger partial charge in [0.15, 0.2) is 0 Å². The molecule has 0 fully saturated rings. The van der Waals surface area contributed by atoms with E-state index in [1.807, 2.05) is 4.68 Å². The van der Waals surface area contributed by atoms with Crippen LogP contribution in [0.5, 0.6) is 0 Å². The second-order valence-corrected chi connectivity index (χ2v) is 7.04. The van der Waals surface area contributed by atoms with Crippen molar-refractivity contribution >= 4 is 29.0 Å². The lowest BCUT2D eigenvalue weighted by molar-refractivity contribution is 0.426. The molecule has 0 spiro atoms. The first kappa shape index (κ1) is 13.8. The van der Waals surface area contributed by atoms with Gasteiger partial charge < -0.3 is 5.32 Å². The highest BCUT2D eigenvalue weighted by Crippen LogP contribution is 2.38. The van der Waals surface area contributed by atoms with Gasteiger partial charge in [-0.15, -0.1) is 23.1 Å². The maximum Gasteiger partial charge on any atom is 0.244 e. The second kappa shape index (κ2) is 5.73. The summed E-state index contributed by atoms with van der Waals surface area (Å²) in [7, 11) is 0. The molecule has 7 heteroatoms. The largest absolute Gasteiger partial charge is 0.345 e. The number of benzene rings is 1. The Kier molecular flexibility index (Phi) is 3.59. The number of thiophene rings is 1. The number of rotatable bonds is 3. The Morgan fingerprint density at radius 1 is 1.27 bits per heavy atom. The SMILES string of the molecule is CSc1ccc([C@@H]2C[C@@H](c3cccs3)Nc3nnnn32)cc1. The minimum Gasteiger partial charge on any atom is -0.345 e. The lowest BCUT2D eigenvalue weighted by atomic mass is 9.97. The molecule has 0 amide bonds. The maximum absolute atomic E-state index is 4.16. The van der Waals surface area contributed by atoms with Crippen LogP contribution in [0.4, 0.5) is 5.95 Å². The fourth-order valence-electron chi connectivity index (χ4n) is 2.82. The minimum atomic E-state index is 0.161. The van der Waals surface area contributed by atoms with Gasteiger partial charge in [-0.3, -0.25) is 0 Å². The molecule has 112 valence electrons. The van der Waals surface area contributed by atoms with Crippen LogP contribution in [-0.2, 0) is 0 Å². The third-order valence-electron chi connectivity index (χ3n) is 3.94. The van der Waals surface area contributed by atoms with Crippen LogP contribution in [-0.4, -0.2) is 26.5 Å². The highest BCUT2D eigenvalue weighted by atomic mass is 32.2. The van der Waals surface area contributed by atoms with Crippen LogP contribution >= 0.6 is 23.1 Å². The number of hydrogen-bond donors (Lipinski definition) is 1. The van der Waals surface area contributed by atoms with Gasteiger partial charge >= 0.3 is 0 Å². The molecule has 1 aromatic carbocycles. The predicted octanol–water partition coefficient (Wildman–Crippen LogP) is 3.60. The van der Waals surface area contributed by atoms with Crippen LogP contribution in [0.3, 0.4) is 0 Å². The molecule has 1 aliphatic heterocycles. The molecule has 1 aliphatic rings. The Bertz CT molecular complexity index is 751. The van der Waals surface area contributed by atoms with Crippen LogP contribution in [0.2, 0.25) is 0 Å². The Morgan fingerprint density at radius 2 is 2.14 bits per heavy atom. The molecule has 0 radical (unpaired) electrons. The summed E-state index contributed by atoms with van der Waals surface area (Å²) < 4.78 is 1.89. The monoisotopic (exact) mass is 329 g/mol. The standard InChI is InChI=1S/C15H15N5S2/c1-21-11-6-4-10(5-7-11)13-9-12(14-3-2-8-22-14)16-15-17-18-19-20(13)15/h2-8,12-13H,9H2,1H3,(H,16,17,19)/t12-,13-/m0/s1. The first-order valence-corrected chi connectivity index (χ1v) is 9.17. The van der Waals surface area contributed by atoms with Crippen molar-refractivity contribution in [1.82, 2.24) is 20.2 Å². The molecule has 2 aromatic heterocycles. The number of nitrogens with zero attached hydrogens (tertiary/aromatic N) is 4. The topological polar surface area (TPSA) is 55.6 Å². The number of fused-ring (bicyclic) bond motifs is 1. The van der Waals surface area contributed by atoms with Crippen LogP contribution in [0.1, 0.15) is 28.9 Å². The molecule has 0 aliphatic carbocycles. The van der Waals surface area contributed by atoms with Gasteiger partial charge in [0.05, 0.1) is 12.1 Å². The van der Waals surface area contributed by atoms with E-state index in [0.717, 1.165) is 12.4 Å². The van der Waals surface area contributed by atoms with E-state index >= 15 is 0 Å². The predicted molar refractivity (Wildman–Crippen MR) is 89.5 cm³/mol. The van der Waals surface area contributed by atoms with Crippen molar-refractivity contribution in [2.45, 2.75) is 23.4 Å². The normalized spacial score (nSPS) is 20.4. The van der Waals surface area contributed by atoms with E-state index in [1.165, 1.54) is 15.3 Å². The lowest BCUT2D eigenvalue weighted by Crippen LogP contribution is -2.27. The van der Waals surface area contributed by atoms with E-state index in [2.05, 4.69) is 68.9 Å². The molecule has 3 aromatic rings. The summed E-state index contributed by atoms with van der Waals surface area (Å²) in [5.74, 6) is 0.739. The van der Waals surface area contributed by atoms with Crippen LogP contribution in [0, 0.1) is 0 Å². The molecular weight excluding hydrogens is 314 g/mol. The van der Waals surface area contributed by atoms with Gasteiger partial charge in [-0.25, -0.2) is 4.68 Å². The van der Waals surface area contributed by atoms with E-state index in [1.54, 1.807) is 23.1 Å². The van der Waals surface area contributed by atoms with Gasteiger partial charge in [0.2, 0.25) is 5.95 Å². The highest BCUT2D eigenvalue weighted by molar-refractivity contribution is 7.98.